The number of nitrogens with one attached hydrogen (secondary N) is 7. The molecule has 0 spiro atoms. The Bertz CT molecular complexity index is 1670. The number of likely N-dealkylation sites (tertiary alicyclic amines) is 1. The van der Waals surface area contributed by atoms with Gasteiger partial charge in [-0.15, -0.1) is 0 Å². The fraction of sp³-hybridized carbons (Fsp3) is 0.711. The molecule has 0 bridgehead atoms. The van der Waals surface area contributed by atoms with E-state index in [0.717, 1.165) is 0 Å². The van der Waals surface area contributed by atoms with Crippen LogP contribution in [-0.4, -0.2) is 162 Å². The van der Waals surface area contributed by atoms with Crippen molar-refractivity contribution < 1.29 is 53.4 Å². The van der Waals surface area contributed by atoms with E-state index >= 15 is 0 Å². The average Bonchev–Trinajstić information content (AvgIpc) is 3.74. The predicted molar refractivity (Wildman–Crippen MR) is 233 cm³/mol. The molecule has 1 saturated heterocycles. The summed E-state index contributed by atoms with van der Waals surface area (Å²) >= 11 is 0. The molecule has 1 heterocycles. The van der Waals surface area contributed by atoms with Crippen molar-refractivity contribution in [2.45, 2.75) is 115 Å². The van der Waals surface area contributed by atoms with Crippen molar-refractivity contribution in [1.82, 2.24) is 42.1 Å². The fourth-order valence-electron chi connectivity index (χ4n) is 6.47. The summed E-state index contributed by atoms with van der Waals surface area (Å²) in [6.45, 7) is 4.82. The van der Waals surface area contributed by atoms with Gasteiger partial charge < -0.3 is 81.0 Å². The Labute approximate surface area is 371 Å². The van der Waals surface area contributed by atoms with E-state index in [1.54, 1.807) is 13.8 Å². The largest absolute Gasteiger partial charge is 0.480 e. The molecular weight excluding hydrogens is 843 g/mol. The Kier molecular flexibility index (Phi) is 25.4. The minimum Gasteiger partial charge on any atom is -0.480 e. The Morgan fingerprint density at radius 2 is 1.28 bits per heavy atom. The van der Waals surface area contributed by atoms with Crippen LogP contribution in [-0.2, 0) is 43.2 Å². The third kappa shape index (κ3) is 20.7. The maximum Gasteiger partial charge on any atom is 0.322 e. The van der Waals surface area contributed by atoms with Gasteiger partial charge in [0.1, 0.15) is 42.8 Å². The zero-order valence-corrected chi connectivity index (χ0v) is 37.0. The smallest absolute Gasteiger partial charge is 0.322 e. The first-order valence-corrected chi connectivity index (χ1v) is 21.1. The topological polar surface area (TPSA) is 436 Å². The molecule has 0 aromatic rings. The second kappa shape index (κ2) is 29.1. The lowest BCUT2D eigenvalue weighted by Gasteiger charge is -2.31. The van der Waals surface area contributed by atoms with Crippen molar-refractivity contribution in [3.63, 3.8) is 0 Å². The van der Waals surface area contributed by atoms with Gasteiger partial charge in [0.05, 0.1) is 19.7 Å². The molecule has 26 nitrogen and oxygen atoms in total. The lowest BCUT2D eigenvalue weighted by Crippen LogP contribution is -2.61. The number of amides is 8. The number of carboxylic acid groups (broad SMARTS) is 1. The molecule has 1 fully saturated rings. The Hall–Kier alpha value is -6.31. The quantitative estimate of drug-likeness (QED) is 0.0189. The highest BCUT2D eigenvalue weighted by atomic mass is 16.4. The van der Waals surface area contributed by atoms with Crippen molar-refractivity contribution in [2.24, 2.45) is 50.5 Å². The number of guanidine groups is 2. The summed E-state index contributed by atoms with van der Waals surface area (Å²) < 4.78 is 0. The highest BCUT2D eigenvalue weighted by Gasteiger charge is 2.40. The molecule has 19 N–H and O–H groups in total. The molecule has 0 unspecified atom stereocenters. The normalized spacial score (nSPS) is 16.0. The summed E-state index contributed by atoms with van der Waals surface area (Å²) in [7, 11) is 0. The van der Waals surface area contributed by atoms with Crippen molar-refractivity contribution in [3.05, 3.63) is 0 Å². The summed E-state index contributed by atoms with van der Waals surface area (Å²) in [5, 5.41) is 35.9. The van der Waals surface area contributed by atoms with E-state index in [2.05, 4.69) is 47.2 Å². The number of carboxylic acids is 1. The molecule has 0 aromatic carbocycles. The van der Waals surface area contributed by atoms with Gasteiger partial charge in [0, 0.05) is 19.6 Å². The monoisotopic (exact) mass is 912 g/mol. The van der Waals surface area contributed by atoms with Crippen LogP contribution < -0.4 is 65.9 Å². The molecule has 0 aromatic heterocycles. The summed E-state index contributed by atoms with van der Waals surface area (Å²) in [5.74, 6) is -8.29. The number of hydrogen-bond acceptors (Lipinski definition) is 13. The van der Waals surface area contributed by atoms with E-state index in [1.807, 2.05) is 13.8 Å². The molecule has 8 amide bonds. The van der Waals surface area contributed by atoms with Crippen LogP contribution in [0.4, 0.5) is 0 Å². The van der Waals surface area contributed by atoms with Gasteiger partial charge >= 0.3 is 5.97 Å². The van der Waals surface area contributed by atoms with Crippen LogP contribution in [0.5, 0.6) is 0 Å². The zero-order valence-electron chi connectivity index (χ0n) is 37.0. The molecule has 0 aliphatic carbocycles. The maximum atomic E-state index is 14.3. The van der Waals surface area contributed by atoms with E-state index in [0.29, 0.717) is 12.8 Å². The van der Waals surface area contributed by atoms with Gasteiger partial charge in [0.25, 0.3) is 0 Å². The SMILES string of the molecule is CC[C@H](C)[C@H](NC(=O)[C@H](CC(C)C)NC(=O)[C@@H]1CCCN1C(=O)[C@H](CCCN=C(N)N)NC(=O)[C@H](CCCN=C(N)N)NC(=O)CN)C(=O)N[C@@H](CO)C(=O)NCC(=O)NCC(=O)O. The van der Waals surface area contributed by atoms with Gasteiger partial charge in [-0.05, 0) is 56.8 Å². The number of nitrogens with zero attached hydrogens (tertiary/aromatic N) is 3. The number of carbonyl (C=O) groups is 9. The Morgan fingerprint density at radius 1 is 0.703 bits per heavy atom. The molecular formula is C38H69N15O11. The summed E-state index contributed by atoms with van der Waals surface area (Å²) in [5.41, 5.74) is 27.2. The summed E-state index contributed by atoms with van der Waals surface area (Å²) in [4.78, 5) is 126. The van der Waals surface area contributed by atoms with E-state index < -0.39 is 122 Å². The van der Waals surface area contributed by atoms with Gasteiger partial charge in [-0.25, -0.2) is 0 Å². The highest BCUT2D eigenvalue weighted by Crippen LogP contribution is 2.21. The van der Waals surface area contributed by atoms with Crippen molar-refractivity contribution in [3.8, 4) is 0 Å². The first-order valence-electron chi connectivity index (χ1n) is 21.1. The molecule has 362 valence electrons. The number of carbonyl (C=O) groups excluding carboxylic acids is 8. The highest BCUT2D eigenvalue weighted by molar-refractivity contribution is 5.98. The van der Waals surface area contributed by atoms with Gasteiger partial charge in [-0.3, -0.25) is 53.1 Å². The molecule has 7 atom stereocenters. The molecule has 64 heavy (non-hydrogen) atoms. The zero-order chi connectivity index (χ0) is 48.5. The second-order valence-electron chi connectivity index (χ2n) is 15.7. The van der Waals surface area contributed by atoms with Crippen LogP contribution in [0.15, 0.2) is 9.98 Å². The number of nitrogens with two attached hydrogens (primary N) is 5. The third-order valence-corrected chi connectivity index (χ3v) is 9.99. The number of aliphatic hydroxyl groups excluding tert-OH is 1. The number of aliphatic imine (C=N–C) groups is 2. The second-order valence-corrected chi connectivity index (χ2v) is 15.7. The lowest BCUT2D eigenvalue weighted by molar-refractivity contribution is -0.143. The van der Waals surface area contributed by atoms with Crippen molar-refractivity contribution in [2.75, 3.05) is 45.9 Å². The van der Waals surface area contributed by atoms with Crippen LogP contribution in [0.3, 0.4) is 0 Å². The third-order valence-electron chi connectivity index (χ3n) is 9.99. The number of aliphatic hydroxyl groups is 1. The van der Waals surface area contributed by atoms with Crippen LogP contribution in [0, 0.1) is 11.8 Å². The van der Waals surface area contributed by atoms with Crippen LogP contribution in [0.1, 0.15) is 79.1 Å². The molecule has 1 rings (SSSR count). The molecule has 0 saturated carbocycles. The first kappa shape index (κ1) is 55.7. The van der Waals surface area contributed by atoms with Gasteiger partial charge in [-0.1, -0.05) is 34.1 Å². The minimum absolute atomic E-state index is 0.0378. The number of aliphatic carboxylic acids is 1. The van der Waals surface area contributed by atoms with Crippen LogP contribution >= 0.6 is 0 Å². The molecule has 1 aliphatic rings. The first-order chi connectivity index (χ1) is 30.1. The lowest BCUT2D eigenvalue weighted by atomic mass is 9.96. The predicted octanol–water partition coefficient (Wildman–Crippen LogP) is -6.13. The van der Waals surface area contributed by atoms with Gasteiger partial charge in [0.15, 0.2) is 11.9 Å². The average molecular weight is 912 g/mol. The molecule has 1 aliphatic heterocycles. The standard InChI is InChI=1S/C38H69N15O11/c1-5-21(4)30(35(63)51-25(19-54)31(59)47-17-28(56)46-18-29(57)58)52-33(61)24(15-20(2)3)50-34(62)26-11-8-14-53(26)36(64)23(10-7-13-45-38(42)43)49-32(60)22(48-27(55)16-39)9-6-12-44-37(40)41/h20-26,30,54H,5-19,39H2,1-4H3,(H,46,56)(H,47,59)(H,48,55)(H,49,60)(H,50,62)(H,51,63)(H,52,61)(H,57,58)(H4,40,41,44)(H4,42,43,45)/t21-,22-,23-,24-,25-,26-,30-/m0/s1. The van der Waals surface area contributed by atoms with E-state index in [4.69, 9.17) is 33.8 Å². The van der Waals surface area contributed by atoms with E-state index in [1.165, 1.54) is 4.90 Å². The summed E-state index contributed by atoms with van der Waals surface area (Å²) in [6, 6.07) is -7.40. The van der Waals surface area contributed by atoms with Crippen molar-refractivity contribution in [1.29, 1.82) is 0 Å². The van der Waals surface area contributed by atoms with E-state index in [-0.39, 0.29) is 76.0 Å². The number of rotatable bonds is 29. The van der Waals surface area contributed by atoms with Gasteiger partial charge in [0.2, 0.25) is 47.3 Å². The fourth-order valence-corrected chi connectivity index (χ4v) is 6.47. The van der Waals surface area contributed by atoms with Crippen molar-refractivity contribution >= 4 is 65.1 Å². The molecule has 26 heteroatoms. The van der Waals surface area contributed by atoms with Gasteiger partial charge in [-0.2, -0.15) is 0 Å². The Balaban J connectivity index is 3.30. The minimum atomic E-state index is -1.55. The maximum absolute atomic E-state index is 14.3. The Morgan fingerprint density at radius 3 is 1.81 bits per heavy atom. The van der Waals surface area contributed by atoms with E-state index in [9.17, 15) is 48.3 Å². The van der Waals surface area contributed by atoms with Crippen LogP contribution in [0.25, 0.3) is 0 Å². The summed E-state index contributed by atoms with van der Waals surface area (Å²) in [6.07, 6.45) is 1.76. The number of hydrogen-bond donors (Lipinski definition) is 14. The van der Waals surface area contributed by atoms with Crippen LogP contribution in [0.2, 0.25) is 0 Å². The molecule has 0 radical (unpaired) electrons.